The summed E-state index contributed by atoms with van der Waals surface area (Å²) in [5.74, 6) is 4.32. The number of hydrogen-bond donors (Lipinski definition) is 0. The molecule has 4 heteroatoms. The lowest BCUT2D eigenvalue weighted by molar-refractivity contribution is 0.579. The Morgan fingerprint density at radius 3 is 1.50 bits per heavy atom. The molecule has 0 unspecified atom stereocenters. The maximum atomic E-state index is 4.67. The molecule has 0 aromatic heterocycles. The average Bonchev–Trinajstić information content (AvgIpc) is 1.81. The fourth-order valence-corrected chi connectivity index (χ4v) is 0.167. The number of hydrogen-bond acceptors (Lipinski definition) is 2. The molecule has 42 valence electrons. The van der Waals surface area contributed by atoms with E-state index < -0.39 is 0 Å². The molecule has 0 aliphatic rings. The standard InChI is InChI=1S/C4Cl2O2/c5-7-3-1-2-4-8-6. The molecule has 2 nitrogen and oxygen atoms in total. The molecule has 0 aliphatic heterocycles. The van der Waals surface area contributed by atoms with Gasteiger partial charge in [-0.2, -0.15) is 0 Å². The number of halogens is 2. The van der Waals surface area contributed by atoms with Gasteiger partial charge >= 0.3 is 0 Å². The van der Waals surface area contributed by atoms with Crippen molar-refractivity contribution in [2.75, 3.05) is 0 Å². The maximum absolute atomic E-state index is 4.67. The van der Waals surface area contributed by atoms with Crippen LogP contribution in [0.2, 0.25) is 0 Å². The van der Waals surface area contributed by atoms with E-state index in [1.165, 1.54) is 0 Å². The van der Waals surface area contributed by atoms with Crippen LogP contribution in [0.25, 0.3) is 0 Å². The predicted molar refractivity (Wildman–Crippen MR) is 29.4 cm³/mol. The second-order valence-corrected chi connectivity index (χ2v) is 0.917. The molecule has 0 saturated carbocycles. The van der Waals surface area contributed by atoms with Gasteiger partial charge in [0, 0.05) is 11.8 Å². The monoisotopic (exact) mass is 150 g/mol. The Labute approximate surface area is 57.0 Å². The van der Waals surface area contributed by atoms with Crippen LogP contribution in [0.3, 0.4) is 0 Å². The van der Waals surface area contributed by atoms with E-state index in [4.69, 9.17) is 0 Å². The summed E-state index contributed by atoms with van der Waals surface area (Å²) in [6.07, 6.45) is 3.97. The first-order valence-corrected chi connectivity index (χ1v) is 2.08. The Kier molecular flexibility index (Phi) is 5.75. The van der Waals surface area contributed by atoms with Gasteiger partial charge in [0.05, 0.1) is 0 Å². The highest BCUT2D eigenvalue weighted by Crippen LogP contribution is 1.72. The molecule has 8 heavy (non-hydrogen) atoms. The van der Waals surface area contributed by atoms with E-state index in [0.29, 0.717) is 0 Å². The van der Waals surface area contributed by atoms with Crippen molar-refractivity contribution in [2.24, 2.45) is 0 Å². The fourth-order valence-electron chi connectivity index (χ4n) is 0.0896. The Morgan fingerprint density at radius 1 is 0.875 bits per heavy atom. The van der Waals surface area contributed by atoms with Crippen molar-refractivity contribution in [2.45, 2.75) is 0 Å². The molecule has 0 rings (SSSR count). The molecule has 0 radical (unpaired) electrons. The van der Waals surface area contributed by atoms with Crippen molar-refractivity contribution in [1.82, 2.24) is 0 Å². The normalized spacial score (nSPS) is 4.75. The van der Waals surface area contributed by atoms with Crippen molar-refractivity contribution in [3.63, 3.8) is 0 Å². The topological polar surface area (TPSA) is 18.5 Å². The molecule has 0 amide bonds. The maximum Gasteiger partial charge on any atom is 0.150 e. The van der Waals surface area contributed by atoms with Crippen molar-refractivity contribution in [1.29, 1.82) is 0 Å². The molecule has 0 saturated heterocycles. The van der Waals surface area contributed by atoms with Gasteiger partial charge in [-0.15, -0.1) is 0 Å². The zero-order valence-electron chi connectivity index (χ0n) is 3.57. The van der Waals surface area contributed by atoms with Gasteiger partial charge in [0.15, 0.2) is 12.2 Å². The van der Waals surface area contributed by atoms with Gasteiger partial charge in [-0.05, 0) is 0 Å². The van der Waals surface area contributed by atoms with Gasteiger partial charge in [-0.25, -0.2) is 0 Å². The second kappa shape index (κ2) is 6.30. The summed E-state index contributed by atoms with van der Waals surface area (Å²) in [6, 6.07) is 0. The third-order valence-corrected chi connectivity index (χ3v) is 0.396. The summed E-state index contributed by atoms with van der Waals surface area (Å²) in [7, 11) is 0. The van der Waals surface area contributed by atoms with Crippen LogP contribution in [0.1, 0.15) is 0 Å². The lowest BCUT2D eigenvalue weighted by atomic mass is 10.7. The highest BCUT2D eigenvalue weighted by molar-refractivity contribution is 6.08. The molecule has 0 aliphatic carbocycles. The molecule has 0 N–H and O–H groups in total. The third-order valence-electron chi connectivity index (χ3n) is 0.242. The van der Waals surface area contributed by atoms with Crippen LogP contribution in [0.4, 0.5) is 0 Å². The van der Waals surface area contributed by atoms with Gasteiger partial charge in [-0.3, -0.25) is 0 Å². The van der Waals surface area contributed by atoms with Crippen molar-refractivity contribution >= 4 is 23.7 Å². The highest BCUT2D eigenvalue weighted by atomic mass is 35.5. The van der Waals surface area contributed by atoms with Gasteiger partial charge in [0.1, 0.15) is 23.7 Å². The SMILES string of the molecule is ClOC#CC#COCl. The first-order valence-electron chi connectivity index (χ1n) is 1.47. The molecular weight excluding hydrogens is 151 g/mol. The van der Waals surface area contributed by atoms with E-state index >= 15 is 0 Å². The van der Waals surface area contributed by atoms with Gasteiger partial charge in [0.2, 0.25) is 0 Å². The van der Waals surface area contributed by atoms with Crippen LogP contribution in [0.5, 0.6) is 0 Å². The first kappa shape index (κ1) is 7.30. The van der Waals surface area contributed by atoms with Crippen LogP contribution in [-0.2, 0) is 8.58 Å². The van der Waals surface area contributed by atoms with Gasteiger partial charge in [-0.1, -0.05) is 0 Å². The largest absolute Gasteiger partial charge is 0.332 e. The fraction of sp³-hybridized carbons (Fsp3) is 0. The van der Waals surface area contributed by atoms with E-state index in [-0.39, 0.29) is 0 Å². The average molecular weight is 151 g/mol. The third kappa shape index (κ3) is 5.30. The Balaban J connectivity index is 3.40. The Hall–Kier alpha value is -0.700. The minimum absolute atomic E-state index is 1.99. The zero-order valence-corrected chi connectivity index (χ0v) is 5.08. The predicted octanol–water partition coefficient (Wildman–Crippen LogP) is 1.25. The zero-order chi connectivity index (χ0) is 6.24. The molecular formula is C4Cl2O2. The summed E-state index contributed by atoms with van der Waals surface area (Å²) in [6.45, 7) is 0. The summed E-state index contributed by atoms with van der Waals surface area (Å²) in [5, 5.41) is 0. The lowest BCUT2D eigenvalue weighted by Crippen LogP contribution is -1.55. The van der Waals surface area contributed by atoms with E-state index in [1.807, 2.05) is 12.2 Å². The summed E-state index contributed by atoms with van der Waals surface area (Å²) >= 11 is 9.33. The molecule has 0 heterocycles. The van der Waals surface area contributed by atoms with Crippen molar-refractivity contribution in [3.8, 4) is 24.1 Å². The first-order chi connectivity index (χ1) is 3.91. The number of rotatable bonds is 0. The van der Waals surface area contributed by atoms with E-state index in [2.05, 4.69) is 44.2 Å². The van der Waals surface area contributed by atoms with Crippen molar-refractivity contribution < 1.29 is 8.58 Å². The lowest BCUT2D eigenvalue weighted by Gasteiger charge is -1.65. The molecule has 0 bridgehead atoms. The van der Waals surface area contributed by atoms with Crippen LogP contribution < -0.4 is 0 Å². The van der Waals surface area contributed by atoms with E-state index in [9.17, 15) is 0 Å². The smallest absolute Gasteiger partial charge is 0.150 e. The summed E-state index contributed by atoms with van der Waals surface area (Å²) in [5.41, 5.74) is 0. The minimum atomic E-state index is 1.99. The van der Waals surface area contributed by atoms with Gasteiger partial charge < -0.3 is 8.58 Å². The molecule has 0 aromatic carbocycles. The molecule has 0 aromatic rings. The van der Waals surface area contributed by atoms with Crippen LogP contribution >= 0.6 is 23.7 Å². The van der Waals surface area contributed by atoms with E-state index in [1.54, 1.807) is 0 Å². The van der Waals surface area contributed by atoms with Gasteiger partial charge in [0.25, 0.3) is 0 Å². The van der Waals surface area contributed by atoms with Crippen LogP contribution in [0, 0.1) is 24.1 Å². The van der Waals surface area contributed by atoms with Crippen molar-refractivity contribution in [3.05, 3.63) is 0 Å². The second-order valence-electron chi connectivity index (χ2n) is 0.608. The van der Waals surface area contributed by atoms with Crippen LogP contribution in [-0.4, -0.2) is 0 Å². The summed E-state index contributed by atoms with van der Waals surface area (Å²) < 4.78 is 7.60. The van der Waals surface area contributed by atoms with Crippen LogP contribution in [0.15, 0.2) is 0 Å². The Morgan fingerprint density at radius 2 is 1.25 bits per heavy atom. The summed E-state index contributed by atoms with van der Waals surface area (Å²) in [4.78, 5) is 0. The van der Waals surface area contributed by atoms with E-state index in [0.717, 1.165) is 0 Å². The quantitative estimate of drug-likeness (QED) is 0.485. The highest BCUT2D eigenvalue weighted by Gasteiger charge is 1.59. The minimum Gasteiger partial charge on any atom is -0.332 e. The molecule has 0 atom stereocenters. The molecule has 0 fully saturated rings. The molecule has 0 spiro atoms. The Bertz CT molecular complexity index is 136.